The van der Waals surface area contributed by atoms with Crippen molar-refractivity contribution in [2.45, 2.75) is 25.9 Å². The van der Waals surface area contributed by atoms with Gasteiger partial charge in [0.2, 0.25) is 0 Å². The molecule has 2 heterocycles. The molecule has 1 aliphatic rings. The minimum absolute atomic E-state index is 0.0932. The van der Waals surface area contributed by atoms with Crippen molar-refractivity contribution in [3.63, 3.8) is 0 Å². The van der Waals surface area contributed by atoms with Crippen LogP contribution in [0.2, 0.25) is 0 Å². The number of nitrogens with zero attached hydrogens (tertiary/aromatic N) is 2. The lowest BCUT2D eigenvalue weighted by molar-refractivity contribution is -0.114. The Balaban J connectivity index is 1.49. The third-order valence-corrected chi connectivity index (χ3v) is 7.26. The number of hydrogen-bond donors (Lipinski definition) is 1. The van der Waals surface area contributed by atoms with Crippen molar-refractivity contribution in [2.75, 3.05) is 0 Å². The summed E-state index contributed by atoms with van der Waals surface area (Å²) in [4.78, 5) is 13.4. The first-order chi connectivity index (χ1) is 14.5. The van der Waals surface area contributed by atoms with E-state index in [0.717, 1.165) is 32.8 Å². The van der Waals surface area contributed by atoms with Gasteiger partial charge in [0, 0.05) is 0 Å². The molecule has 5 nitrogen and oxygen atoms in total. The zero-order valence-corrected chi connectivity index (χ0v) is 19.3. The van der Waals surface area contributed by atoms with Gasteiger partial charge in [-0.05, 0) is 51.7 Å². The van der Waals surface area contributed by atoms with Crippen LogP contribution >= 0.6 is 39.0 Å². The van der Waals surface area contributed by atoms with Crippen LogP contribution in [0.25, 0.3) is 6.08 Å². The molecule has 4 rings (SSSR count). The summed E-state index contributed by atoms with van der Waals surface area (Å²) in [6.07, 6.45) is 2.59. The van der Waals surface area contributed by atoms with Gasteiger partial charge in [0.15, 0.2) is 5.78 Å². The highest BCUT2D eigenvalue weighted by Gasteiger charge is 2.39. The summed E-state index contributed by atoms with van der Waals surface area (Å²) >= 11 is 6.15. The molecule has 1 saturated heterocycles. The monoisotopic (exact) mass is 499 g/mol. The summed E-state index contributed by atoms with van der Waals surface area (Å²) in [6, 6.07) is 15.7. The molecular weight excluding hydrogens is 482 g/mol. The number of Topliss-reactive ketones (excluding diaryl/α,β-unsaturated/α-hetero) is 1. The summed E-state index contributed by atoms with van der Waals surface area (Å²) in [5.41, 5.74) is 1.96. The van der Waals surface area contributed by atoms with Crippen LogP contribution in [0.4, 0.5) is 0 Å². The highest BCUT2D eigenvalue weighted by molar-refractivity contribution is 9.10. The van der Waals surface area contributed by atoms with E-state index in [-0.39, 0.29) is 5.78 Å². The smallest absolute Gasteiger partial charge is 0.186 e. The van der Waals surface area contributed by atoms with Crippen molar-refractivity contribution in [3.8, 4) is 5.75 Å². The molecule has 152 valence electrons. The van der Waals surface area contributed by atoms with Crippen LogP contribution in [-0.4, -0.2) is 21.0 Å². The SMILES string of the molecule is CCc1nnc([C@H]2C(=N)S/C(=C\c3ccc(OCc4ccccc4)c(Br)c3)C2=O)s1. The fraction of sp³-hybridized carbons (Fsp3) is 0.182. The van der Waals surface area contributed by atoms with Crippen molar-refractivity contribution in [2.24, 2.45) is 0 Å². The zero-order chi connectivity index (χ0) is 21.1. The molecule has 1 atom stereocenters. The first-order valence-electron chi connectivity index (χ1n) is 9.36. The fourth-order valence-corrected chi connectivity index (χ4v) is 5.41. The number of hydrogen-bond acceptors (Lipinski definition) is 7. The van der Waals surface area contributed by atoms with E-state index in [2.05, 4.69) is 26.1 Å². The van der Waals surface area contributed by atoms with E-state index in [4.69, 9.17) is 10.1 Å². The number of benzene rings is 2. The number of ether oxygens (including phenoxy) is 1. The average Bonchev–Trinajstić information content (AvgIpc) is 3.32. The maximum Gasteiger partial charge on any atom is 0.186 e. The van der Waals surface area contributed by atoms with Crippen molar-refractivity contribution >= 4 is 55.9 Å². The topological polar surface area (TPSA) is 75.9 Å². The second kappa shape index (κ2) is 9.24. The minimum Gasteiger partial charge on any atom is -0.488 e. The molecule has 1 aromatic heterocycles. The lowest BCUT2D eigenvalue weighted by Gasteiger charge is -2.09. The Morgan fingerprint density at radius 3 is 2.70 bits per heavy atom. The van der Waals surface area contributed by atoms with Crippen LogP contribution in [0.1, 0.15) is 34.0 Å². The first kappa shape index (κ1) is 21.0. The Labute approximate surface area is 191 Å². The normalized spacial score (nSPS) is 17.7. The number of aryl methyl sites for hydroxylation is 1. The lowest BCUT2D eigenvalue weighted by Crippen LogP contribution is -2.11. The largest absolute Gasteiger partial charge is 0.488 e. The van der Waals surface area contributed by atoms with E-state index in [1.165, 1.54) is 23.1 Å². The van der Waals surface area contributed by atoms with Crippen LogP contribution < -0.4 is 4.74 Å². The molecule has 0 spiro atoms. The van der Waals surface area contributed by atoms with Crippen LogP contribution in [-0.2, 0) is 17.8 Å². The molecule has 1 aliphatic heterocycles. The fourth-order valence-electron chi connectivity index (χ4n) is 2.95. The van der Waals surface area contributed by atoms with Crippen LogP contribution in [0.3, 0.4) is 0 Å². The summed E-state index contributed by atoms with van der Waals surface area (Å²) in [5.74, 6) is 0.0123. The number of ketones is 1. The Bertz CT molecular complexity index is 1130. The maximum atomic E-state index is 12.9. The quantitative estimate of drug-likeness (QED) is 0.429. The number of rotatable bonds is 6. The molecule has 0 saturated carbocycles. The van der Waals surface area contributed by atoms with E-state index in [0.29, 0.717) is 21.6 Å². The molecule has 0 amide bonds. The predicted octanol–water partition coefficient (Wildman–Crippen LogP) is 5.86. The predicted molar refractivity (Wildman–Crippen MR) is 125 cm³/mol. The van der Waals surface area contributed by atoms with Crippen molar-refractivity contribution < 1.29 is 9.53 Å². The molecule has 0 bridgehead atoms. The van der Waals surface area contributed by atoms with Crippen LogP contribution in [0.5, 0.6) is 5.75 Å². The van der Waals surface area contributed by atoms with Gasteiger partial charge in [0.1, 0.15) is 28.3 Å². The van der Waals surface area contributed by atoms with Crippen molar-refractivity contribution in [1.82, 2.24) is 10.2 Å². The van der Waals surface area contributed by atoms with E-state index in [9.17, 15) is 4.79 Å². The van der Waals surface area contributed by atoms with Crippen LogP contribution in [0.15, 0.2) is 57.9 Å². The Morgan fingerprint density at radius 2 is 2.00 bits per heavy atom. The maximum absolute atomic E-state index is 12.9. The minimum atomic E-state index is -0.629. The van der Waals surface area contributed by atoms with E-state index in [1.54, 1.807) is 0 Å². The zero-order valence-electron chi connectivity index (χ0n) is 16.1. The molecule has 8 heteroatoms. The number of halogens is 1. The lowest BCUT2D eigenvalue weighted by atomic mass is 10.1. The van der Waals surface area contributed by atoms with Gasteiger partial charge in [-0.1, -0.05) is 55.1 Å². The summed E-state index contributed by atoms with van der Waals surface area (Å²) < 4.78 is 6.70. The molecule has 0 unspecified atom stereocenters. The highest BCUT2D eigenvalue weighted by atomic mass is 79.9. The Morgan fingerprint density at radius 1 is 1.20 bits per heavy atom. The van der Waals surface area contributed by atoms with E-state index >= 15 is 0 Å². The van der Waals surface area contributed by atoms with Crippen molar-refractivity contribution in [3.05, 3.63) is 79.1 Å². The second-order valence-corrected chi connectivity index (χ2v) is 9.66. The molecule has 0 radical (unpaired) electrons. The Kier molecular flexibility index (Phi) is 6.46. The van der Waals surface area contributed by atoms with Gasteiger partial charge >= 0.3 is 0 Å². The van der Waals surface area contributed by atoms with Gasteiger partial charge < -0.3 is 4.74 Å². The number of thioether (sulfide) groups is 1. The summed E-state index contributed by atoms with van der Waals surface area (Å²) in [6.45, 7) is 2.48. The van der Waals surface area contributed by atoms with E-state index < -0.39 is 5.92 Å². The number of allylic oxidation sites excluding steroid dienone is 1. The molecule has 1 N–H and O–H groups in total. The molecule has 0 aliphatic carbocycles. The number of carbonyl (C=O) groups excluding carboxylic acids is 1. The molecule has 2 aromatic carbocycles. The average molecular weight is 500 g/mol. The first-order valence-corrected chi connectivity index (χ1v) is 11.8. The highest BCUT2D eigenvalue weighted by Crippen LogP contribution is 2.41. The standard InChI is InChI=1S/C22H18BrN3O2S2/c1-2-18-25-26-22(30-18)19-20(27)17(29-21(19)24)11-14-8-9-16(15(23)10-14)28-12-13-6-4-3-5-7-13/h3-11,19,24H,2,12H2,1H3/b17-11-,24-21?/t19-/m1/s1. The number of carbonyl (C=O) groups is 1. The van der Waals surface area contributed by atoms with Gasteiger partial charge in [-0.3, -0.25) is 10.2 Å². The summed E-state index contributed by atoms with van der Waals surface area (Å²) in [7, 11) is 0. The van der Waals surface area contributed by atoms with Gasteiger partial charge in [-0.15, -0.1) is 21.5 Å². The molecular formula is C22H18BrN3O2S2. The van der Waals surface area contributed by atoms with Crippen LogP contribution in [0, 0.1) is 5.41 Å². The second-order valence-electron chi connectivity index (χ2n) is 6.62. The summed E-state index contributed by atoms with van der Waals surface area (Å²) in [5, 5.41) is 18.2. The molecule has 3 aromatic rings. The van der Waals surface area contributed by atoms with E-state index in [1.807, 2.05) is 61.5 Å². The van der Waals surface area contributed by atoms with Gasteiger partial charge in [-0.25, -0.2) is 0 Å². The van der Waals surface area contributed by atoms with Gasteiger partial charge in [0.25, 0.3) is 0 Å². The molecule has 1 fully saturated rings. The Hall–Kier alpha value is -2.29. The third-order valence-electron chi connectivity index (χ3n) is 4.51. The molecule has 30 heavy (non-hydrogen) atoms. The van der Waals surface area contributed by atoms with Gasteiger partial charge in [-0.2, -0.15) is 0 Å². The number of nitrogens with one attached hydrogen (secondary N) is 1. The number of aromatic nitrogens is 2. The van der Waals surface area contributed by atoms with Crippen molar-refractivity contribution in [1.29, 1.82) is 5.41 Å². The van der Waals surface area contributed by atoms with Gasteiger partial charge in [0.05, 0.1) is 14.4 Å². The third kappa shape index (κ3) is 4.55.